The Balaban J connectivity index is -0.00000112. The van der Waals surface area contributed by atoms with E-state index in [-0.39, 0.29) is 42.9 Å². The molecule has 0 spiro atoms. The zero-order valence-corrected chi connectivity index (χ0v) is 12.6. The molecule has 0 aliphatic rings. The molecule has 7 nitrogen and oxygen atoms in total. The van der Waals surface area contributed by atoms with Crippen molar-refractivity contribution in [2.24, 2.45) is 16.5 Å². The maximum absolute atomic E-state index is 11.5. The van der Waals surface area contributed by atoms with E-state index in [1.807, 2.05) is 0 Å². The second-order valence-electron chi connectivity index (χ2n) is 3.84. The summed E-state index contributed by atoms with van der Waals surface area (Å²) in [6, 6.07) is 0. The van der Waals surface area contributed by atoms with Crippen LogP contribution in [0.4, 0.5) is 0 Å². The van der Waals surface area contributed by atoms with Crippen molar-refractivity contribution in [2.45, 2.75) is 19.4 Å². The number of amidine groups is 1. The minimum atomic E-state index is -3.55. The highest BCUT2D eigenvalue weighted by molar-refractivity contribution is 7.91. The van der Waals surface area contributed by atoms with Crippen molar-refractivity contribution in [1.29, 1.82) is 0 Å². The van der Waals surface area contributed by atoms with E-state index in [2.05, 4.69) is 4.99 Å². The second kappa shape index (κ2) is 8.52. The zero-order valence-electron chi connectivity index (χ0n) is 10.1. The van der Waals surface area contributed by atoms with E-state index < -0.39 is 27.1 Å². The van der Waals surface area contributed by atoms with Crippen molar-refractivity contribution < 1.29 is 18.3 Å². The fraction of sp³-hybridized carbons (Fsp3) is 0.750. The van der Waals surface area contributed by atoms with Gasteiger partial charge in [-0.05, 0) is 13.8 Å². The van der Waals surface area contributed by atoms with Crippen LogP contribution >= 0.6 is 24.8 Å². The van der Waals surface area contributed by atoms with Crippen LogP contribution in [-0.2, 0) is 14.6 Å². The number of nitrogens with two attached hydrogens (primary N) is 2. The summed E-state index contributed by atoms with van der Waals surface area (Å²) in [6.07, 6.45) is 0. The Labute approximate surface area is 119 Å². The smallest absolute Gasteiger partial charge is 0.324 e. The van der Waals surface area contributed by atoms with Gasteiger partial charge in [-0.1, -0.05) is 0 Å². The van der Waals surface area contributed by atoms with Crippen LogP contribution in [0.15, 0.2) is 4.99 Å². The molecule has 0 radical (unpaired) electrons. The lowest BCUT2D eigenvalue weighted by Crippen LogP contribution is -2.51. The number of carboxylic acid groups (broad SMARTS) is 1. The van der Waals surface area contributed by atoms with Gasteiger partial charge in [-0.3, -0.25) is 9.79 Å². The van der Waals surface area contributed by atoms with Crippen LogP contribution < -0.4 is 11.5 Å². The summed E-state index contributed by atoms with van der Waals surface area (Å²) in [5.41, 5.74) is 8.79. The van der Waals surface area contributed by atoms with E-state index in [0.29, 0.717) is 0 Å². The fourth-order valence-electron chi connectivity index (χ4n) is 0.952. The maximum Gasteiger partial charge on any atom is 0.324 e. The highest BCUT2D eigenvalue weighted by atomic mass is 35.5. The van der Waals surface area contributed by atoms with Crippen molar-refractivity contribution >= 4 is 46.5 Å². The highest BCUT2D eigenvalue weighted by Crippen LogP contribution is 2.05. The number of halogens is 2. The van der Waals surface area contributed by atoms with Gasteiger partial charge in [0.1, 0.15) is 5.54 Å². The van der Waals surface area contributed by atoms with Gasteiger partial charge < -0.3 is 16.6 Å². The summed E-state index contributed by atoms with van der Waals surface area (Å²) < 4.78 is 23.0. The number of aliphatic carboxylic acids is 1. The Bertz CT molecular complexity index is 391. The van der Waals surface area contributed by atoms with E-state index in [4.69, 9.17) is 16.6 Å². The lowest BCUT2D eigenvalue weighted by atomic mass is 10.1. The third-order valence-electron chi connectivity index (χ3n) is 1.77. The molecule has 0 rings (SSSR count). The molecule has 0 aromatic rings. The topological polar surface area (TPSA) is 136 Å². The van der Waals surface area contributed by atoms with Gasteiger partial charge in [-0.2, -0.15) is 0 Å². The molecule has 0 aromatic heterocycles. The first-order chi connectivity index (χ1) is 7.07. The molecule has 0 fully saturated rings. The van der Waals surface area contributed by atoms with Gasteiger partial charge in [0.25, 0.3) is 0 Å². The summed E-state index contributed by atoms with van der Waals surface area (Å²) in [4.78, 5) is 14.4. The van der Waals surface area contributed by atoms with Crippen molar-refractivity contribution in [2.75, 3.05) is 18.1 Å². The Morgan fingerprint density at radius 1 is 1.39 bits per heavy atom. The third-order valence-corrected chi connectivity index (χ3v) is 3.62. The molecule has 0 aliphatic heterocycles. The molecule has 10 heteroatoms. The lowest BCUT2D eigenvalue weighted by molar-refractivity contribution is -0.141. The SMILES string of the molecule is CC(N)=NCCS(=O)(=O)CC(C)(N)C(=O)O.Cl.Cl. The van der Waals surface area contributed by atoms with Gasteiger partial charge in [-0.25, -0.2) is 8.42 Å². The van der Waals surface area contributed by atoms with Gasteiger partial charge in [-0.15, -0.1) is 24.8 Å². The number of sulfone groups is 1. The van der Waals surface area contributed by atoms with Crippen LogP contribution in [0, 0.1) is 0 Å². The summed E-state index contributed by atoms with van der Waals surface area (Å²) in [5, 5.41) is 8.68. The van der Waals surface area contributed by atoms with Crippen LogP contribution in [0.3, 0.4) is 0 Å². The number of hydrogen-bond acceptors (Lipinski definition) is 5. The van der Waals surface area contributed by atoms with Crippen LogP contribution in [0.1, 0.15) is 13.8 Å². The van der Waals surface area contributed by atoms with E-state index in [9.17, 15) is 13.2 Å². The molecule has 18 heavy (non-hydrogen) atoms. The van der Waals surface area contributed by atoms with E-state index >= 15 is 0 Å². The zero-order chi connectivity index (χ0) is 13.0. The van der Waals surface area contributed by atoms with Crippen LogP contribution in [-0.4, -0.2) is 48.9 Å². The largest absolute Gasteiger partial charge is 0.480 e. The summed E-state index contributed by atoms with van der Waals surface area (Å²) in [6.45, 7) is 2.71. The summed E-state index contributed by atoms with van der Waals surface area (Å²) >= 11 is 0. The van der Waals surface area contributed by atoms with E-state index in [0.717, 1.165) is 6.92 Å². The average Bonchev–Trinajstić information content (AvgIpc) is 1.99. The monoisotopic (exact) mass is 323 g/mol. The summed E-state index contributed by atoms with van der Waals surface area (Å²) in [5.74, 6) is -1.95. The van der Waals surface area contributed by atoms with Crippen molar-refractivity contribution in [3.63, 3.8) is 0 Å². The first-order valence-corrected chi connectivity index (χ1v) is 6.38. The number of rotatable bonds is 6. The van der Waals surface area contributed by atoms with Crippen LogP contribution in [0.2, 0.25) is 0 Å². The van der Waals surface area contributed by atoms with Gasteiger partial charge in [0, 0.05) is 0 Å². The van der Waals surface area contributed by atoms with Gasteiger partial charge in [0.15, 0.2) is 9.84 Å². The third kappa shape index (κ3) is 9.46. The molecule has 1 atom stereocenters. The number of nitrogens with zero attached hydrogens (tertiary/aromatic N) is 1. The molecular formula is C8H19Cl2N3O4S. The van der Waals surface area contributed by atoms with Crippen LogP contribution in [0.25, 0.3) is 0 Å². The van der Waals surface area contributed by atoms with Gasteiger partial charge in [0.05, 0.1) is 23.9 Å². The first-order valence-electron chi connectivity index (χ1n) is 4.56. The fourth-order valence-corrected chi connectivity index (χ4v) is 2.50. The predicted octanol–water partition coefficient (Wildman–Crippen LogP) is -0.576. The highest BCUT2D eigenvalue weighted by Gasteiger charge is 2.33. The van der Waals surface area contributed by atoms with Crippen LogP contribution in [0.5, 0.6) is 0 Å². The van der Waals surface area contributed by atoms with Crippen molar-refractivity contribution in [3.05, 3.63) is 0 Å². The molecule has 0 saturated carbocycles. The maximum atomic E-state index is 11.5. The minimum Gasteiger partial charge on any atom is -0.480 e. The second-order valence-corrected chi connectivity index (χ2v) is 6.02. The molecule has 110 valence electrons. The number of carboxylic acids is 1. The van der Waals surface area contributed by atoms with Crippen molar-refractivity contribution in [1.82, 2.24) is 0 Å². The Morgan fingerprint density at radius 3 is 2.17 bits per heavy atom. The average molecular weight is 324 g/mol. The van der Waals surface area contributed by atoms with E-state index in [1.54, 1.807) is 0 Å². The molecule has 0 amide bonds. The molecular weight excluding hydrogens is 305 g/mol. The first kappa shape index (κ1) is 22.6. The Kier molecular flexibility index (Phi) is 10.7. The quantitative estimate of drug-likeness (QED) is 0.442. The lowest BCUT2D eigenvalue weighted by Gasteiger charge is -2.18. The normalized spacial score (nSPS) is 14.9. The van der Waals surface area contributed by atoms with Crippen molar-refractivity contribution in [3.8, 4) is 0 Å². The molecule has 5 N–H and O–H groups in total. The molecule has 1 unspecified atom stereocenters. The van der Waals surface area contributed by atoms with Gasteiger partial charge >= 0.3 is 5.97 Å². The number of carbonyl (C=O) groups is 1. The Morgan fingerprint density at radius 2 is 1.83 bits per heavy atom. The number of hydrogen-bond donors (Lipinski definition) is 3. The molecule has 0 aliphatic carbocycles. The Hall–Kier alpha value is -0.570. The molecule has 0 bridgehead atoms. The standard InChI is InChI=1S/C8H17N3O4S.2ClH/c1-6(9)11-3-4-16(14,15)5-8(2,10)7(12)13;;/h3-5,10H2,1-2H3,(H2,9,11)(H,12,13);2*1H. The molecule has 0 saturated heterocycles. The van der Waals surface area contributed by atoms with E-state index in [1.165, 1.54) is 6.92 Å². The number of aliphatic imine (C=N–C) groups is 1. The molecule has 0 aromatic carbocycles. The van der Waals surface area contributed by atoms with Gasteiger partial charge in [0.2, 0.25) is 0 Å². The molecule has 0 heterocycles. The summed E-state index contributed by atoms with van der Waals surface area (Å²) in [7, 11) is -3.55. The predicted molar refractivity (Wildman–Crippen MR) is 75.5 cm³/mol. The minimum absolute atomic E-state index is 0.